The Morgan fingerprint density at radius 3 is 2.31 bits per heavy atom. The van der Waals surface area contributed by atoms with Gasteiger partial charge in [-0.1, -0.05) is 51.6 Å². The van der Waals surface area contributed by atoms with Gasteiger partial charge in [0.1, 0.15) is 5.75 Å². The molecule has 0 N–H and O–H groups in total. The fourth-order valence-electron chi connectivity index (χ4n) is 1.62. The van der Waals surface area contributed by atoms with E-state index in [1.54, 1.807) is 0 Å². The second-order valence-electron chi connectivity index (χ2n) is 5.19. The minimum atomic E-state index is -0.748. The molecule has 1 aromatic rings. The summed E-state index contributed by atoms with van der Waals surface area (Å²) in [5.41, 5.74) is 2.46. The molecule has 0 atom stereocenters. The molecule has 0 bridgehead atoms. The Balaban J connectivity index is 3.31. The number of para-hydroxylation sites is 1. The zero-order valence-corrected chi connectivity index (χ0v) is 11.9. The molecule has 0 saturated heterocycles. The third kappa shape index (κ3) is 2.98. The molecule has 16 heavy (non-hydrogen) atoms. The van der Waals surface area contributed by atoms with Crippen molar-refractivity contribution in [1.29, 1.82) is 0 Å². The van der Waals surface area contributed by atoms with Crippen molar-refractivity contribution in [2.45, 2.75) is 39.3 Å². The Labute approximate surface area is 101 Å². The van der Waals surface area contributed by atoms with E-state index >= 15 is 0 Å². The second kappa shape index (κ2) is 4.87. The van der Waals surface area contributed by atoms with Gasteiger partial charge in [0.15, 0.2) is 0 Å². The standard InChI is InChI=1S/C14H21OSi/c1-7-11-9-8-10-12(14(2,3)4)13(11)15-16(5)6/h7-10H,1H2,2-6H3. The van der Waals surface area contributed by atoms with E-state index in [1.807, 2.05) is 6.08 Å². The molecule has 87 valence electrons. The Kier molecular flexibility index (Phi) is 3.97. The van der Waals surface area contributed by atoms with Crippen LogP contribution in [0.15, 0.2) is 24.8 Å². The summed E-state index contributed by atoms with van der Waals surface area (Å²) in [5, 5.41) is 0. The minimum absolute atomic E-state index is 0.103. The predicted octanol–water partition coefficient (Wildman–Crippen LogP) is 4.26. The molecule has 0 saturated carbocycles. The maximum Gasteiger partial charge on any atom is 0.274 e. The highest BCUT2D eigenvalue weighted by Crippen LogP contribution is 2.34. The molecular formula is C14H21OSi. The molecule has 0 aromatic heterocycles. The van der Waals surface area contributed by atoms with Crippen molar-refractivity contribution < 1.29 is 4.43 Å². The SMILES string of the molecule is C=Cc1cccc(C(C)(C)C)c1O[Si](C)C. The van der Waals surface area contributed by atoms with Crippen molar-refractivity contribution in [1.82, 2.24) is 0 Å². The van der Waals surface area contributed by atoms with Gasteiger partial charge in [-0.2, -0.15) is 0 Å². The van der Waals surface area contributed by atoms with E-state index in [1.165, 1.54) is 5.56 Å². The lowest BCUT2D eigenvalue weighted by molar-refractivity contribution is 0.519. The number of rotatable bonds is 3. The zero-order chi connectivity index (χ0) is 12.3. The van der Waals surface area contributed by atoms with E-state index in [-0.39, 0.29) is 5.41 Å². The molecule has 0 aliphatic carbocycles. The largest absolute Gasteiger partial charge is 0.542 e. The molecule has 1 radical (unpaired) electrons. The van der Waals surface area contributed by atoms with E-state index in [4.69, 9.17) is 4.43 Å². The first-order valence-electron chi connectivity index (χ1n) is 5.60. The van der Waals surface area contributed by atoms with Gasteiger partial charge in [-0.3, -0.25) is 0 Å². The number of hydrogen-bond acceptors (Lipinski definition) is 1. The van der Waals surface area contributed by atoms with Gasteiger partial charge in [-0.05, 0) is 24.1 Å². The third-order valence-electron chi connectivity index (χ3n) is 2.38. The van der Waals surface area contributed by atoms with Crippen LogP contribution >= 0.6 is 0 Å². The maximum absolute atomic E-state index is 6.02. The third-order valence-corrected chi connectivity index (χ3v) is 2.99. The van der Waals surface area contributed by atoms with Crippen molar-refractivity contribution in [2.75, 3.05) is 0 Å². The summed E-state index contributed by atoms with van der Waals surface area (Å²) in [6, 6.07) is 6.28. The lowest BCUT2D eigenvalue weighted by Gasteiger charge is -2.25. The van der Waals surface area contributed by atoms with Gasteiger partial charge in [0.05, 0.1) is 0 Å². The van der Waals surface area contributed by atoms with Gasteiger partial charge in [0.25, 0.3) is 9.04 Å². The number of benzene rings is 1. The van der Waals surface area contributed by atoms with Gasteiger partial charge in [0, 0.05) is 5.56 Å². The lowest BCUT2D eigenvalue weighted by atomic mass is 9.85. The molecule has 0 aliphatic rings. The second-order valence-corrected chi connectivity index (χ2v) is 7.21. The van der Waals surface area contributed by atoms with Gasteiger partial charge < -0.3 is 4.43 Å². The molecule has 1 aromatic carbocycles. The maximum atomic E-state index is 6.02. The highest BCUT2D eigenvalue weighted by atomic mass is 28.3. The van der Waals surface area contributed by atoms with Crippen molar-refractivity contribution in [3.63, 3.8) is 0 Å². The molecule has 0 amide bonds. The molecule has 1 nitrogen and oxygen atoms in total. The zero-order valence-electron chi connectivity index (χ0n) is 10.9. The van der Waals surface area contributed by atoms with Crippen LogP contribution in [-0.2, 0) is 5.41 Å². The van der Waals surface area contributed by atoms with Gasteiger partial charge in [-0.25, -0.2) is 0 Å². The monoisotopic (exact) mass is 233 g/mol. The number of hydrogen-bond donors (Lipinski definition) is 0. The van der Waals surface area contributed by atoms with Crippen molar-refractivity contribution in [3.05, 3.63) is 35.9 Å². The minimum Gasteiger partial charge on any atom is -0.542 e. The molecule has 0 spiro atoms. The molecule has 0 fully saturated rings. The van der Waals surface area contributed by atoms with Crippen LogP contribution in [0.3, 0.4) is 0 Å². The van der Waals surface area contributed by atoms with E-state index in [0.717, 1.165) is 11.3 Å². The first-order valence-corrected chi connectivity index (χ1v) is 8.01. The molecular weight excluding hydrogens is 212 g/mol. The van der Waals surface area contributed by atoms with E-state index in [0.29, 0.717) is 0 Å². The fourth-order valence-corrected chi connectivity index (χ4v) is 2.26. The first-order chi connectivity index (χ1) is 7.36. The summed E-state index contributed by atoms with van der Waals surface area (Å²) in [6.45, 7) is 14.8. The van der Waals surface area contributed by atoms with E-state index in [9.17, 15) is 0 Å². The Morgan fingerprint density at radius 2 is 1.88 bits per heavy atom. The van der Waals surface area contributed by atoms with Crippen LogP contribution in [0.4, 0.5) is 0 Å². The molecule has 0 heterocycles. The van der Waals surface area contributed by atoms with Gasteiger partial charge in [-0.15, -0.1) is 0 Å². The molecule has 2 heteroatoms. The van der Waals surface area contributed by atoms with Crippen LogP contribution in [0.2, 0.25) is 13.1 Å². The average molecular weight is 233 g/mol. The van der Waals surface area contributed by atoms with Crippen LogP contribution in [-0.4, -0.2) is 9.04 Å². The summed E-state index contributed by atoms with van der Waals surface area (Å²) in [7, 11) is -0.748. The van der Waals surface area contributed by atoms with Crippen LogP contribution in [0.25, 0.3) is 6.08 Å². The molecule has 1 rings (SSSR count). The molecule has 0 unspecified atom stereocenters. The van der Waals surface area contributed by atoms with Crippen molar-refractivity contribution >= 4 is 15.1 Å². The van der Waals surface area contributed by atoms with E-state index in [2.05, 4.69) is 58.6 Å². The Hall–Kier alpha value is -1.02. The lowest BCUT2D eigenvalue weighted by Crippen LogP contribution is -2.19. The van der Waals surface area contributed by atoms with Crippen LogP contribution in [0, 0.1) is 0 Å². The van der Waals surface area contributed by atoms with Crippen LogP contribution in [0.5, 0.6) is 5.75 Å². The predicted molar refractivity (Wildman–Crippen MR) is 73.3 cm³/mol. The van der Waals surface area contributed by atoms with Crippen molar-refractivity contribution in [3.8, 4) is 5.75 Å². The molecule has 0 aliphatic heterocycles. The van der Waals surface area contributed by atoms with Crippen LogP contribution in [0.1, 0.15) is 31.9 Å². The van der Waals surface area contributed by atoms with Crippen molar-refractivity contribution in [2.24, 2.45) is 0 Å². The quantitative estimate of drug-likeness (QED) is 0.709. The van der Waals surface area contributed by atoms with Gasteiger partial charge >= 0.3 is 0 Å². The summed E-state index contributed by atoms with van der Waals surface area (Å²) >= 11 is 0. The van der Waals surface area contributed by atoms with E-state index < -0.39 is 9.04 Å². The van der Waals surface area contributed by atoms with Crippen LogP contribution < -0.4 is 4.43 Å². The van der Waals surface area contributed by atoms with Gasteiger partial charge in [0.2, 0.25) is 0 Å². The normalized spacial score (nSPS) is 11.6. The summed E-state index contributed by atoms with van der Waals surface area (Å²) < 4.78 is 6.02. The fraction of sp³-hybridized carbons (Fsp3) is 0.429. The smallest absolute Gasteiger partial charge is 0.274 e. The Morgan fingerprint density at radius 1 is 1.25 bits per heavy atom. The average Bonchev–Trinajstić information content (AvgIpc) is 2.15. The highest BCUT2D eigenvalue weighted by Gasteiger charge is 2.21. The highest BCUT2D eigenvalue weighted by molar-refractivity contribution is 6.49. The topological polar surface area (TPSA) is 9.23 Å². The summed E-state index contributed by atoms with van der Waals surface area (Å²) in [6.07, 6.45) is 1.87. The summed E-state index contributed by atoms with van der Waals surface area (Å²) in [5.74, 6) is 1.02. The Bertz CT molecular complexity index is 375. The first kappa shape index (κ1) is 13.0. The summed E-state index contributed by atoms with van der Waals surface area (Å²) in [4.78, 5) is 0.